The molecule has 1 N–H and O–H groups in total. The normalized spacial score (nSPS) is 14.6. The van der Waals surface area contributed by atoms with Crippen LogP contribution in [0, 0.1) is 0 Å². The van der Waals surface area contributed by atoms with E-state index in [9.17, 15) is 4.21 Å². The molecular formula is C13H17NOS3. The summed E-state index contributed by atoms with van der Waals surface area (Å²) in [7, 11) is -0.745. The van der Waals surface area contributed by atoms with Gasteiger partial charge in [-0.05, 0) is 29.8 Å². The predicted octanol–water partition coefficient (Wildman–Crippen LogP) is 3.33. The van der Waals surface area contributed by atoms with Crippen LogP contribution in [0.1, 0.15) is 11.8 Å². The van der Waals surface area contributed by atoms with E-state index in [2.05, 4.69) is 34.3 Å². The molecule has 2 atom stereocenters. The number of nitrogens with one attached hydrogen (secondary N) is 1. The Labute approximate surface area is 119 Å². The minimum Gasteiger partial charge on any atom is -0.311 e. The summed E-state index contributed by atoms with van der Waals surface area (Å²) >= 11 is 3.54. The first-order chi connectivity index (χ1) is 8.66. The van der Waals surface area contributed by atoms with Gasteiger partial charge in [0.05, 0.1) is 0 Å². The molecular weight excluding hydrogens is 282 g/mol. The highest BCUT2D eigenvalue weighted by Gasteiger charge is 2.06. The van der Waals surface area contributed by atoms with Crippen LogP contribution >= 0.6 is 22.7 Å². The first-order valence-electron chi connectivity index (χ1n) is 5.81. The van der Waals surface area contributed by atoms with Crippen LogP contribution in [0.5, 0.6) is 0 Å². The van der Waals surface area contributed by atoms with Gasteiger partial charge in [-0.3, -0.25) is 4.21 Å². The van der Waals surface area contributed by atoms with E-state index in [1.807, 2.05) is 6.92 Å². The van der Waals surface area contributed by atoms with E-state index in [1.165, 1.54) is 15.3 Å². The molecule has 2 rings (SSSR count). The summed E-state index contributed by atoms with van der Waals surface area (Å²) in [5.74, 6) is 0. The molecule has 0 fully saturated rings. The molecule has 2 aromatic heterocycles. The predicted molar refractivity (Wildman–Crippen MR) is 82.9 cm³/mol. The summed E-state index contributed by atoms with van der Waals surface area (Å²) in [4.78, 5) is 2.65. The van der Waals surface area contributed by atoms with Crippen LogP contribution in [0.2, 0.25) is 0 Å². The fourth-order valence-electron chi connectivity index (χ4n) is 1.56. The summed E-state index contributed by atoms with van der Waals surface area (Å²) in [6.45, 7) is 3.67. The molecule has 0 aliphatic carbocycles. The summed E-state index contributed by atoms with van der Waals surface area (Å²) in [5, 5.41) is 7.87. The van der Waals surface area contributed by atoms with Gasteiger partial charge in [-0.25, -0.2) is 0 Å². The van der Waals surface area contributed by atoms with Crippen molar-refractivity contribution in [1.29, 1.82) is 0 Å². The van der Waals surface area contributed by atoms with Crippen LogP contribution in [-0.4, -0.2) is 22.3 Å². The van der Waals surface area contributed by atoms with Crippen molar-refractivity contribution in [1.82, 2.24) is 5.32 Å². The van der Waals surface area contributed by atoms with Gasteiger partial charge in [0.2, 0.25) is 0 Å². The number of hydrogen-bond donors (Lipinski definition) is 1. The van der Waals surface area contributed by atoms with Crippen molar-refractivity contribution in [2.45, 2.75) is 18.7 Å². The summed E-state index contributed by atoms with van der Waals surface area (Å²) in [5.41, 5.74) is 1.30. The SMILES string of the molecule is CC(CNCc1cc(-c2cccs2)cs1)S(C)=O. The second-order valence-electron chi connectivity index (χ2n) is 4.22. The van der Waals surface area contributed by atoms with Gasteiger partial charge in [0.25, 0.3) is 0 Å². The maximum absolute atomic E-state index is 11.2. The minimum atomic E-state index is -0.745. The highest BCUT2D eigenvalue weighted by molar-refractivity contribution is 7.84. The molecule has 0 aromatic carbocycles. The third-order valence-corrected chi connectivity index (χ3v) is 5.91. The zero-order chi connectivity index (χ0) is 13.0. The van der Waals surface area contributed by atoms with E-state index in [0.717, 1.165) is 13.1 Å². The Kier molecular flexibility index (Phi) is 5.12. The van der Waals surface area contributed by atoms with E-state index >= 15 is 0 Å². The Morgan fingerprint density at radius 3 is 2.94 bits per heavy atom. The van der Waals surface area contributed by atoms with Gasteiger partial charge in [-0.2, -0.15) is 0 Å². The van der Waals surface area contributed by atoms with Crippen LogP contribution in [0.3, 0.4) is 0 Å². The van der Waals surface area contributed by atoms with Gasteiger partial charge in [0, 0.05) is 50.7 Å². The minimum absolute atomic E-state index is 0.210. The highest BCUT2D eigenvalue weighted by atomic mass is 32.2. The molecule has 5 heteroatoms. The quantitative estimate of drug-likeness (QED) is 0.886. The lowest BCUT2D eigenvalue weighted by molar-refractivity contribution is 0.650. The summed E-state index contributed by atoms with van der Waals surface area (Å²) in [6.07, 6.45) is 1.76. The van der Waals surface area contributed by atoms with Gasteiger partial charge in [-0.1, -0.05) is 6.07 Å². The van der Waals surface area contributed by atoms with Gasteiger partial charge in [0.1, 0.15) is 0 Å². The molecule has 2 unspecified atom stereocenters. The van der Waals surface area contributed by atoms with Crippen molar-refractivity contribution in [2.24, 2.45) is 0 Å². The van der Waals surface area contributed by atoms with Crippen LogP contribution in [0.4, 0.5) is 0 Å². The lowest BCUT2D eigenvalue weighted by Gasteiger charge is -2.08. The van der Waals surface area contributed by atoms with E-state index in [0.29, 0.717) is 0 Å². The molecule has 2 heterocycles. The Hall–Kier alpha value is -0.490. The Morgan fingerprint density at radius 1 is 1.44 bits per heavy atom. The molecule has 0 aliphatic rings. The lowest BCUT2D eigenvalue weighted by Crippen LogP contribution is -2.26. The van der Waals surface area contributed by atoms with E-state index in [4.69, 9.17) is 0 Å². The average Bonchev–Trinajstić information content (AvgIpc) is 2.98. The van der Waals surface area contributed by atoms with Crippen molar-refractivity contribution in [3.8, 4) is 10.4 Å². The molecule has 0 saturated heterocycles. The zero-order valence-corrected chi connectivity index (χ0v) is 13.0. The van der Waals surface area contributed by atoms with Gasteiger partial charge < -0.3 is 5.32 Å². The first kappa shape index (κ1) is 13.9. The standard InChI is InChI=1S/C13H17NOS3/c1-10(18(2)15)7-14-8-12-6-11(9-17-12)13-4-3-5-16-13/h3-6,9-10,14H,7-8H2,1-2H3. The number of thiophene rings is 2. The lowest BCUT2D eigenvalue weighted by atomic mass is 10.2. The first-order valence-corrected chi connectivity index (χ1v) is 9.19. The molecule has 0 aliphatic heterocycles. The zero-order valence-electron chi connectivity index (χ0n) is 10.5. The monoisotopic (exact) mass is 299 g/mol. The van der Waals surface area contributed by atoms with Crippen molar-refractivity contribution in [3.63, 3.8) is 0 Å². The Balaban J connectivity index is 1.86. The molecule has 18 heavy (non-hydrogen) atoms. The molecule has 0 radical (unpaired) electrons. The molecule has 0 spiro atoms. The summed E-state index contributed by atoms with van der Waals surface area (Å²) < 4.78 is 11.2. The maximum atomic E-state index is 11.2. The van der Waals surface area contributed by atoms with Crippen molar-refractivity contribution >= 4 is 33.5 Å². The largest absolute Gasteiger partial charge is 0.311 e. The Bertz CT molecular complexity index is 504. The van der Waals surface area contributed by atoms with Crippen LogP contribution in [0.15, 0.2) is 29.0 Å². The fraction of sp³-hybridized carbons (Fsp3) is 0.385. The van der Waals surface area contributed by atoms with E-state index < -0.39 is 10.8 Å². The van der Waals surface area contributed by atoms with Crippen LogP contribution in [0.25, 0.3) is 10.4 Å². The molecule has 2 aromatic rings. The van der Waals surface area contributed by atoms with Crippen LogP contribution < -0.4 is 5.32 Å². The molecule has 0 bridgehead atoms. The van der Waals surface area contributed by atoms with Crippen LogP contribution in [-0.2, 0) is 17.3 Å². The summed E-state index contributed by atoms with van der Waals surface area (Å²) in [6, 6.07) is 6.46. The van der Waals surface area contributed by atoms with E-state index in [-0.39, 0.29) is 5.25 Å². The van der Waals surface area contributed by atoms with Gasteiger partial charge >= 0.3 is 0 Å². The van der Waals surface area contributed by atoms with Gasteiger partial charge in [-0.15, -0.1) is 22.7 Å². The second kappa shape index (κ2) is 6.61. The molecule has 2 nitrogen and oxygen atoms in total. The van der Waals surface area contributed by atoms with Crippen molar-refractivity contribution in [3.05, 3.63) is 33.8 Å². The maximum Gasteiger partial charge on any atom is 0.0441 e. The average molecular weight is 299 g/mol. The second-order valence-corrected chi connectivity index (χ2v) is 7.96. The van der Waals surface area contributed by atoms with E-state index in [1.54, 1.807) is 28.9 Å². The number of rotatable bonds is 6. The molecule has 98 valence electrons. The molecule has 0 amide bonds. The Morgan fingerprint density at radius 2 is 2.28 bits per heavy atom. The smallest absolute Gasteiger partial charge is 0.0441 e. The van der Waals surface area contributed by atoms with Crippen molar-refractivity contribution < 1.29 is 4.21 Å². The van der Waals surface area contributed by atoms with Gasteiger partial charge in [0.15, 0.2) is 0 Å². The third-order valence-electron chi connectivity index (χ3n) is 2.76. The number of hydrogen-bond acceptors (Lipinski definition) is 4. The molecule has 0 saturated carbocycles. The third kappa shape index (κ3) is 3.75. The highest BCUT2D eigenvalue weighted by Crippen LogP contribution is 2.29. The van der Waals surface area contributed by atoms with Crippen molar-refractivity contribution in [2.75, 3.05) is 12.8 Å². The topological polar surface area (TPSA) is 29.1 Å². The fourth-order valence-corrected chi connectivity index (χ4v) is 3.56.